The first-order valence-corrected chi connectivity index (χ1v) is 16.8. The van der Waals surface area contributed by atoms with E-state index in [4.69, 9.17) is 4.74 Å². The largest absolute Gasteiger partial charge is 0.462 e. The minimum absolute atomic E-state index is 0.0389. The van der Waals surface area contributed by atoms with Gasteiger partial charge >= 0.3 is 5.97 Å². The van der Waals surface area contributed by atoms with Crippen LogP contribution < -0.4 is 0 Å². The van der Waals surface area contributed by atoms with E-state index in [2.05, 4.69) is 11.9 Å². The van der Waals surface area contributed by atoms with Crippen LogP contribution in [-0.4, -0.2) is 30.4 Å². The van der Waals surface area contributed by atoms with Crippen LogP contribution in [0.1, 0.15) is 160 Å². The van der Waals surface area contributed by atoms with Crippen LogP contribution in [0.25, 0.3) is 0 Å². The van der Waals surface area contributed by atoms with Crippen molar-refractivity contribution in [2.75, 3.05) is 6.61 Å². The Hall–Kier alpha value is -2.30. The number of esters is 1. The Bertz CT molecular complexity index is 896. The number of carbonyl (C=O) groups excluding carboxylic acids is 3. The Morgan fingerprint density at radius 1 is 0.732 bits per heavy atom. The number of aliphatic imine (C=N–C) groups is 1. The maximum Gasteiger partial charge on any atom is 0.338 e. The highest BCUT2D eigenvalue weighted by Gasteiger charge is 2.42. The lowest BCUT2D eigenvalue weighted by Gasteiger charge is -2.36. The number of ether oxygens (including phenoxy) is 1. The Balaban J connectivity index is 1.52. The summed E-state index contributed by atoms with van der Waals surface area (Å²) >= 11 is 0. The molecule has 5 heteroatoms. The first-order chi connectivity index (χ1) is 19.9. The van der Waals surface area contributed by atoms with E-state index in [9.17, 15) is 14.4 Å². The summed E-state index contributed by atoms with van der Waals surface area (Å²) in [6.45, 7) is 6.81. The lowest BCUT2D eigenvalue weighted by Crippen LogP contribution is -2.40. The fraction of sp³-hybridized carbons (Fsp3) is 0.722. The second kappa shape index (κ2) is 20.6. The number of benzene rings is 1. The van der Waals surface area contributed by atoms with E-state index in [1.165, 1.54) is 96.1 Å². The van der Waals surface area contributed by atoms with Crippen LogP contribution in [0.2, 0.25) is 0 Å². The van der Waals surface area contributed by atoms with Crippen molar-refractivity contribution in [1.29, 1.82) is 0 Å². The summed E-state index contributed by atoms with van der Waals surface area (Å²) < 4.78 is 5.44. The van der Waals surface area contributed by atoms with Gasteiger partial charge in [-0.15, -0.1) is 0 Å². The van der Waals surface area contributed by atoms with Gasteiger partial charge in [-0.05, 0) is 48.9 Å². The molecular formula is C36H57NO4. The number of carbonyl (C=O) groups is 3. The van der Waals surface area contributed by atoms with Gasteiger partial charge in [0.1, 0.15) is 17.5 Å². The van der Waals surface area contributed by atoms with Crippen molar-refractivity contribution in [2.24, 2.45) is 16.3 Å². The molecule has 5 nitrogen and oxygen atoms in total. The zero-order chi connectivity index (χ0) is 29.8. The van der Waals surface area contributed by atoms with Crippen LogP contribution in [0.4, 0.5) is 5.69 Å². The molecule has 1 aromatic carbocycles. The highest BCUT2D eigenvalue weighted by molar-refractivity contribution is 6.16. The van der Waals surface area contributed by atoms with Gasteiger partial charge in [-0.2, -0.15) is 0 Å². The van der Waals surface area contributed by atoms with Crippen molar-refractivity contribution in [2.45, 2.75) is 149 Å². The second-order valence-electron chi connectivity index (χ2n) is 12.2. The minimum atomic E-state index is -0.759. The third-order valence-electron chi connectivity index (χ3n) is 9.00. The first-order valence-electron chi connectivity index (χ1n) is 16.8. The molecule has 0 unspecified atom stereocenters. The highest BCUT2D eigenvalue weighted by atomic mass is 16.5. The van der Waals surface area contributed by atoms with Crippen molar-refractivity contribution in [3.8, 4) is 0 Å². The first kappa shape index (κ1) is 34.9. The summed E-state index contributed by atoms with van der Waals surface area (Å²) in [5.74, 6) is -1.16. The molecule has 0 amide bonds. The van der Waals surface area contributed by atoms with Gasteiger partial charge in [-0.1, -0.05) is 117 Å². The van der Waals surface area contributed by atoms with E-state index in [0.717, 1.165) is 25.7 Å². The van der Waals surface area contributed by atoms with E-state index >= 15 is 0 Å². The van der Waals surface area contributed by atoms with Gasteiger partial charge in [-0.25, -0.2) is 4.79 Å². The third kappa shape index (κ3) is 13.5. The smallest absolute Gasteiger partial charge is 0.338 e. The molecule has 0 spiro atoms. The molecule has 2 rings (SSSR count). The Kier molecular flexibility index (Phi) is 17.5. The maximum atomic E-state index is 12.6. The molecule has 1 aromatic rings. The van der Waals surface area contributed by atoms with Gasteiger partial charge in [0, 0.05) is 19.1 Å². The molecule has 0 radical (unpaired) electrons. The zero-order valence-electron chi connectivity index (χ0n) is 26.4. The van der Waals surface area contributed by atoms with Crippen LogP contribution in [0.5, 0.6) is 0 Å². The monoisotopic (exact) mass is 567 g/mol. The minimum Gasteiger partial charge on any atom is -0.462 e. The van der Waals surface area contributed by atoms with Crippen LogP contribution >= 0.6 is 0 Å². The summed E-state index contributed by atoms with van der Waals surface area (Å²) in [6.07, 6.45) is 25.1. The lowest BCUT2D eigenvalue weighted by atomic mass is 9.66. The number of Topliss-reactive ketones (excluding diaryl/α,β-unsaturated/α-hetero) is 2. The molecule has 1 saturated carbocycles. The molecule has 0 heterocycles. The number of rotatable bonds is 22. The number of hydrogen-bond acceptors (Lipinski definition) is 5. The molecule has 0 atom stereocenters. The molecule has 1 fully saturated rings. The van der Waals surface area contributed by atoms with Crippen LogP contribution in [0, 0.1) is 11.3 Å². The van der Waals surface area contributed by atoms with Crippen molar-refractivity contribution in [1.82, 2.24) is 0 Å². The summed E-state index contributed by atoms with van der Waals surface area (Å²) in [6, 6.07) is 6.82. The van der Waals surface area contributed by atoms with Gasteiger partial charge in [-0.3, -0.25) is 14.6 Å². The molecule has 0 saturated heterocycles. The van der Waals surface area contributed by atoms with Gasteiger partial charge in [0.25, 0.3) is 0 Å². The predicted octanol–water partition coefficient (Wildman–Crippen LogP) is 10.2. The number of ketones is 2. The average Bonchev–Trinajstić information content (AvgIpc) is 2.98. The molecule has 0 N–H and O–H groups in total. The fourth-order valence-corrected chi connectivity index (χ4v) is 5.86. The number of unbranched alkanes of at least 4 members (excludes halogenated alkanes) is 15. The Morgan fingerprint density at radius 3 is 1.61 bits per heavy atom. The van der Waals surface area contributed by atoms with Crippen LogP contribution in [0.3, 0.4) is 0 Å². The van der Waals surface area contributed by atoms with E-state index in [1.54, 1.807) is 24.3 Å². The fourth-order valence-electron chi connectivity index (χ4n) is 5.86. The Labute approximate surface area is 250 Å². The molecule has 230 valence electrons. The standard InChI is InChI=1S/C36H57NO4/c1-4-7-8-9-10-11-12-13-14-15-16-17-18-19-20-21-26-41-35(40)30-22-24-31(25-23-30)37-29-32-33(38)27-36(5-2,6-3)28-34(32)39/h22-25,29,32H,4-21,26-28H2,1-3H3. The van der Waals surface area contributed by atoms with Gasteiger partial charge in [0.2, 0.25) is 0 Å². The average molecular weight is 568 g/mol. The number of hydrogen-bond donors (Lipinski definition) is 0. The molecule has 1 aliphatic rings. The van der Waals surface area contributed by atoms with E-state index < -0.39 is 5.92 Å². The summed E-state index contributed by atoms with van der Waals surface area (Å²) in [4.78, 5) is 42.0. The van der Waals surface area contributed by atoms with Crippen molar-refractivity contribution < 1.29 is 19.1 Å². The number of nitrogens with zero attached hydrogens (tertiary/aromatic N) is 1. The third-order valence-corrected chi connectivity index (χ3v) is 9.00. The lowest BCUT2D eigenvalue weighted by molar-refractivity contribution is -0.137. The predicted molar refractivity (Wildman–Crippen MR) is 170 cm³/mol. The van der Waals surface area contributed by atoms with Crippen molar-refractivity contribution in [3.05, 3.63) is 29.8 Å². The van der Waals surface area contributed by atoms with Gasteiger partial charge in [0.05, 0.1) is 17.9 Å². The van der Waals surface area contributed by atoms with Crippen LogP contribution in [0.15, 0.2) is 29.3 Å². The zero-order valence-corrected chi connectivity index (χ0v) is 26.4. The van der Waals surface area contributed by atoms with Crippen molar-refractivity contribution >= 4 is 29.4 Å². The summed E-state index contributed by atoms with van der Waals surface area (Å²) in [5, 5.41) is 0. The Morgan fingerprint density at radius 2 is 1.17 bits per heavy atom. The quantitative estimate of drug-likeness (QED) is 0.0604. The highest BCUT2D eigenvalue weighted by Crippen LogP contribution is 2.40. The molecule has 41 heavy (non-hydrogen) atoms. The molecule has 0 aromatic heterocycles. The summed E-state index contributed by atoms with van der Waals surface area (Å²) in [7, 11) is 0. The van der Waals surface area contributed by atoms with E-state index in [0.29, 0.717) is 30.7 Å². The molecule has 0 bridgehead atoms. The second-order valence-corrected chi connectivity index (χ2v) is 12.2. The van der Waals surface area contributed by atoms with Gasteiger partial charge < -0.3 is 4.74 Å². The molecule has 0 aliphatic heterocycles. The topological polar surface area (TPSA) is 72.8 Å². The van der Waals surface area contributed by atoms with Gasteiger partial charge in [0.15, 0.2) is 0 Å². The summed E-state index contributed by atoms with van der Waals surface area (Å²) in [5.41, 5.74) is 0.913. The van der Waals surface area contributed by atoms with E-state index in [1.807, 2.05) is 13.8 Å². The normalized spacial score (nSPS) is 15.6. The van der Waals surface area contributed by atoms with Crippen LogP contribution in [-0.2, 0) is 14.3 Å². The molecular weight excluding hydrogens is 510 g/mol. The van der Waals surface area contributed by atoms with Crippen molar-refractivity contribution in [3.63, 3.8) is 0 Å². The molecule has 1 aliphatic carbocycles. The maximum absolute atomic E-state index is 12.6. The van der Waals surface area contributed by atoms with E-state index in [-0.39, 0.29) is 23.0 Å². The SMILES string of the molecule is CCCCCCCCCCCCCCCCCCOC(=O)c1ccc(N=CC2C(=O)CC(CC)(CC)CC2=O)cc1.